The molecule has 1 unspecified atom stereocenters. The van der Waals surface area contributed by atoms with Gasteiger partial charge in [0.25, 0.3) is 5.91 Å². The summed E-state index contributed by atoms with van der Waals surface area (Å²) in [7, 11) is 1.84. The van der Waals surface area contributed by atoms with Crippen molar-refractivity contribution in [3.63, 3.8) is 0 Å². The Kier molecular flexibility index (Phi) is 5.75. The number of carbonyl (C=O) groups excluding carboxylic acids is 1. The van der Waals surface area contributed by atoms with Crippen LogP contribution in [0.4, 0.5) is 0 Å². The van der Waals surface area contributed by atoms with E-state index in [-0.39, 0.29) is 12.0 Å². The second-order valence-corrected chi connectivity index (χ2v) is 8.33. The van der Waals surface area contributed by atoms with E-state index in [1.165, 1.54) is 16.9 Å². The largest absolute Gasteiger partial charge is 0.392 e. The maximum absolute atomic E-state index is 13.1. The molecule has 3 aromatic rings. The molecule has 7 heteroatoms. The molecule has 0 radical (unpaired) electrons. The molecule has 148 valence electrons. The summed E-state index contributed by atoms with van der Waals surface area (Å²) in [4.78, 5) is 22.6. The lowest BCUT2D eigenvalue weighted by Gasteiger charge is -2.30. The van der Waals surface area contributed by atoms with Crippen molar-refractivity contribution in [3.05, 3.63) is 58.9 Å². The molecule has 0 bridgehead atoms. The van der Waals surface area contributed by atoms with Crippen molar-refractivity contribution in [3.8, 4) is 0 Å². The second kappa shape index (κ2) is 8.43. The molecule has 1 aliphatic rings. The summed E-state index contributed by atoms with van der Waals surface area (Å²) in [5.74, 6) is -0.0422. The lowest BCUT2D eigenvalue weighted by atomic mass is 10.1. The van der Waals surface area contributed by atoms with Crippen LogP contribution in [0.15, 0.2) is 41.9 Å². The zero-order chi connectivity index (χ0) is 19.5. The maximum atomic E-state index is 13.1. The highest BCUT2D eigenvalue weighted by molar-refractivity contribution is 7.15. The Hall–Kier alpha value is -2.22. The number of aliphatic hydroxyl groups is 1. The standard InChI is InChI=1S/C21H26N4O2S/c1-23(11-9-16-6-3-2-4-7-16)20(27)19-18(25-12-13-28-21(25)22-19)15-24-10-5-8-17(26)14-24/h2-4,6-7,12-13,17,26H,5,8-11,14-15H2,1H3. The van der Waals surface area contributed by atoms with E-state index in [2.05, 4.69) is 22.0 Å². The molecule has 0 aliphatic carbocycles. The maximum Gasteiger partial charge on any atom is 0.274 e. The molecule has 1 amide bonds. The summed E-state index contributed by atoms with van der Waals surface area (Å²) in [5, 5.41) is 12.0. The lowest BCUT2D eigenvalue weighted by Crippen LogP contribution is -2.38. The van der Waals surface area contributed by atoms with Crippen molar-refractivity contribution < 1.29 is 9.90 Å². The fourth-order valence-corrected chi connectivity index (χ4v) is 4.50. The molecule has 1 saturated heterocycles. The average molecular weight is 399 g/mol. The summed E-state index contributed by atoms with van der Waals surface area (Å²) in [5.41, 5.74) is 2.67. The van der Waals surface area contributed by atoms with E-state index in [1.807, 2.05) is 41.2 Å². The zero-order valence-corrected chi connectivity index (χ0v) is 16.9. The number of likely N-dealkylation sites (tertiary alicyclic amines) is 1. The summed E-state index contributed by atoms with van der Waals surface area (Å²) in [6.45, 7) is 2.86. The number of aliphatic hydroxyl groups excluding tert-OH is 1. The van der Waals surface area contributed by atoms with Gasteiger partial charge in [-0.2, -0.15) is 0 Å². The number of hydrogen-bond donors (Lipinski definition) is 1. The van der Waals surface area contributed by atoms with Gasteiger partial charge in [-0.25, -0.2) is 4.98 Å². The highest BCUT2D eigenvalue weighted by atomic mass is 32.1. The van der Waals surface area contributed by atoms with Crippen LogP contribution in [-0.2, 0) is 13.0 Å². The Balaban J connectivity index is 1.52. The van der Waals surface area contributed by atoms with Crippen LogP contribution in [0.1, 0.15) is 34.6 Å². The first kappa shape index (κ1) is 19.1. The fraction of sp³-hybridized carbons (Fsp3) is 0.429. The van der Waals surface area contributed by atoms with Gasteiger partial charge in [0.1, 0.15) is 0 Å². The third-order valence-electron chi connectivity index (χ3n) is 5.34. The normalized spacial score (nSPS) is 17.9. The third kappa shape index (κ3) is 4.11. The molecular weight excluding hydrogens is 372 g/mol. The smallest absolute Gasteiger partial charge is 0.274 e. The van der Waals surface area contributed by atoms with Crippen LogP contribution in [0.3, 0.4) is 0 Å². The number of hydrogen-bond acceptors (Lipinski definition) is 5. The van der Waals surface area contributed by atoms with Crippen LogP contribution < -0.4 is 0 Å². The molecule has 1 aromatic carbocycles. The molecule has 0 spiro atoms. The van der Waals surface area contributed by atoms with E-state index in [4.69, 9.17) is 0 Å². The van der Waals surface area contributed by atoms with Gasteiger partial charge in [-0.15, -0.1) is 11.3 Å². The number of fused-ring (bicyclic) bond motifs is 1. The minimum atomic E-state index is -0.285. The van der Waals surface area contributed by atoms with Crippen molar-refractivity contribution in [2.45, 2.75) is 31.9 Å². The van der Waals surface area contributed by atoms with Gasteiger partial charge in [0.05, 0.1) is 11.8 Å². The minimum absolute atomic E-state index is 0.0422. The highest BCUT2D eigenvalue weighted by Gasteiger charge is 2.26. The van der Waals surface area contributed by atoms with Gasteiger partial charge in [-0.3, -0.25) is 14.1 Å². The molecule has 1 aliphatic heterocycles. The van der Waals surface area contributed by atoms with E-state index in [0.29, 0.717) is 25.3 Å². The predicted octanol–water partition coefficient (Wildman–Crippen LogP) is 2.67. The fourth-order valence-electron chi connectivity index (χ4n) is 3.77. The van der Waals surface area contributed by atoms with Crippen LogP contribution in [0, 0.1) is 0 Å². The predicted molar refractivity (Wildman–Crippen MR) is 111 cm³/mol. The van der Waals surface area contributed by atoms with Gasteiger partial charge < -0.3 is 10.0 Å². The van der Waals surface area contributed by atoms with Crippen LogP contribution in [0.25, 0.3) is 4.96 Å². The van der Waals surface area contributed by atoms with E-state index in [1.54, 1.807) is 4.90 Å². The Morgan fingerprint density at radius 2 is 2.18 bits per heavy atom. The van der Waals surface area contributed by atoms with Gasteiger partial charge in [-0.05, 0) is 31.4 Å². The summed E-state index contributed by atoms with van der Waals surface area (Å²) >= 11 is 1.54. The molecular formula is C21H26N4O2S. The lowest BCUT2D eigenvalue weighted by molar-refractivity contribution is 0.0654. The van der Waals surface area contributed by atoms with Crippen molar-refractivity contribution in [2.24, 2.45) is 0 Å². The molecule has 28 heavy (non-hydrogen) atoms. The number of benzene rings is 1. The monoisotopic (exact) mass is 398 g/mol. The van der Waals surface area contributed by atoms with Gasteiger partial charge in [0.15, 0.2) is 10.7 Å². The molecule has 3 heterocycles. The van der Waals surface area contributed by atoms with Gasteiger partial charge in [0.2, 0.25) is 0 Å². The van der Waals surface area contributed by atoms with Gasteiger partial charge >= 0.3 is 0 Å². The Morgan fingerprint density at radius 1 is 1.36 bits per heavy atom. The third-order valence-corrected chi connectivity index (χ3v) is 6.10. The number of imidazole rings is 1. The quantitative estimate of drug-likeness (QED) is 0.694. The highest BCUT2D eigenvalue weighted by Crippen LogP contribution is 2.22. The average Bonchev–Trinajstić information content (AvgIpc) is 3.29. The summed E-state index contributed by atoms with van der Waals surface area (Å²) < 4.78 is 2.02. The van der Waals surface area contributed by atoms with Crippen LogP contribution in [0.5, 0.6) is 0 Å². The second-order valence-electron chi connectivity index (χ2n) is 7.46. The van der Waals surface area contributed by atoms with Crippen molar-refractivity contribution in [2.75, 3.05) is 26.7 Å². The number of carbonyl (C=O) groups is 1. The minimum Gasteiger partial charge on any atom is -0.392 e. The molecule has 0 saturated carbocycles. The van der Waals surface area contributed by atoms with Crippen molar-refractivity contribution in [1.29, 1.82) is 0 Å². The first-order chi connectivity index (χ1) is 13.6. The number of thiazole rings is 1. The van der Waals surface area contributed by atoms with Crippen molar-refractivity contribution >= 4 is 22.2 Å². The summed E-state index contributed by atoms with van der Waals surface area (Å²) in [6, 6.07) is 10.2. The first-order valence-electron chi connectivity index (χ1n) is 9.76. The molecule has 1 atom stereocenters. The Labute approximate surface area is 169 Å². The Morgan fingerprint density at radius 3 is 2.96 bits per heavy atom. The van der Waals surface area contributed by atoms with Crippen molar-refractivity contribution in [1.82, 2.24) is 19.2 Å². The van der Waals surface area contributed by atoms with E-state index in [9.17, 15) is 9.90 Å². The topological polar surface area (TPSA) is 61.1 Å². The van der Waals surface area contributed by atoms with Crippen LogP contribution in [-0.4, -0.2) is 63.0 Å². The number of aromatic nitrogens is 2. The summed E-state index contributed by atoms with van der Waals surface area (Å²) in [6.07, 6.45) is 4.34. The molecule has 1 N–H and O–H groups in total. The zero-order valence-electron chi connectivity index (χ0n) is 16.1. The van der Waals surface area contributed by atoms with E-state index < -0.39 is 0 Å². The molecule has 2 aromatic heterocycles. The molecule has 6 nitrogen and oxygen atoms in total. The van der Waals surface area contributed by atoms with Gasteiger partial charge in [-0.1, -0.05) is 30.3 Å². The number of piperidine rings is 1. The number of β-amino-alcohol motifs (C(OH)–C–C–N with tert-alkyl or cyclic N) is 1. The SMILES string of the molecule is CN(CCc1ccccc1)C(=O)c1nc2sccn2c1CN1CCCC(O)C1. The molecule has 4 rings (SSSR count). The van der Waals surface area contributed by atoms with E-state index in [0.717, 1.165) is 36.5 Å². The van der Waals surface area contributed by atoms with Crippen LogP contribution >= 0.6 is 11.3 Å². The number of rotatable bonds is 6. The molecule has 1 fully saturated rings. The first-order valence-corrected chi connectivity index (χ1v) is 10.6. The van der Waals surface area contributed by atoms with Gasteiger partial charge in [0, 0.05) is 38.3 Å². The number of nitrogens with zero attached hydrogens (tertiary/aromatic N) is 4. The van der Waals surface area contributed by atoms with Crippen LogP contribution in [0.2, 0.25) is 0 Å². The Bertz CT molecular complexity index is 936. The van der Waals surface area contributed by atoms with E-state index >= 15 is 0 Å². The number of amides is 1. The number of likely N-dealkylation sites (N-methyl/N-ethyl adjacent to an activating group) is 1.